The van der Waals surface area contributed by atoms with Crippen molar-refractivity contribution in [1.82, 2.24) is 9.88 Å². The van der Waals surface area contributed by atoms with E-state index in [1.807, 2.05) is 30.3 Å². The monoisotopic (exact) mass is 514 g/mol. The first-order valence-electron chi connectivity index (χ1n) is 14.7. The van der Waals surface area contributed by atoms with E-state index in [4.69, 9.17) is 14.5 Å². The van der Waals surface area contributed by atoms with Crippen LogP contribution in [0.4, 0.5) is 0 Å². The molecule has 0 N–H and O–H groups in total. The molecule has 2 aromatic carbocycles. The van der Waals surface area contributed by atoms with Gasteiger partial charge in [-0.05, 0) is 93.6 Å². The number of piperidine rings is 1. The largest absolute Gasteiger partial charge is 0.487 e. The summed E-state index contributed by atoms with van der Waals surface area (Å²) in [6.07, 6.45) is 10.6. The SMILES string of the molecule is CCCC[C@@H]1CCc2ccc(OCc3ccc4ccccc4n3)cc2[C@H]1OC(=O)CCCN1CCCCC1. The van der Waals surface area contributed by atoms with Crippen molar-refractivity contribution in [1.29, 1.82) is 0 Å². The molecule has 202 valence electrons. The number of ether oxygens (including phenoxy) is 2. The van der Waals surface area contributed by atoms with Crippen LogP contribution in [0.25, 0.3) is 10.9 Å². The first-order chi connectivity index (χ1) is 18.7. The van der Waals surface area contributed by atoms with E-state index in [0.717, 1.165) is 73.0 Å². The molecule has 3 aromatic rings. The Labute approximate surface area is 227 Å². The third kappa shape index (κ3) is 6.93. The number of carbonyl (C=O) groups excluding carboxylic acids is 1. The summed E-state index contributed by atoms with van der Waals surface area (Å²) in [6.45, 7) is 5.97. The molecule has 0 spiro atoms. The molecule has 2 aliphatic rings. The van der Waals surface area contributed by atoms with Gasteiger partial charge in [-0.1, -0.05) is 56.5 Å². The number of nitrogens with zero attached hydrogens (tertiary/aromatic N) is 2. The maximum Gasteiger partial charge on any atom is 0.306 e. The Bertz CT molecular complexity index is 1200. The molecule has 1 aliphatic carbocycles. The molecule has 38 heavy (non-hydrogen) atoms. The minimum Gasteiger partial charge on any atom is -0.487 e. The number of pyridine rings is 1. The lowest BCUT2D eigenvalue weighted by Crippen LogP contribution is -2.31. The summed E-state index contributed by atoms with van der Waals surface area (Å²) in [5.74, 6) is 1.11. The van der Waals surface area contributed by atoms with Crippen LogP contribution < -0.4 is 4.74 Å². The van der Waals surface area contributed by atoms with E-state index in [2.05, 4.69) is 36.1 Å². The predicted octanol–water partition coefficient (Wildman–Crippen LogP) is 7.42. The van der Waals surface area contributed by atoms with E-state index in [0.29, 0.717) is 18.9 Å². The number of benzene rings is 2. The van der Waals surface area contributed by atoms with Crippen molar-refractivity contribution in [2.75, 3.05) is 19.6 Å². The number of esters is 1. The van der Waals surface area contributed by atoms with Gasteiger partial charge in [-0.3, -0.25) is 4.79 Å². The van der Waals surface area contributed by atoms with Crippen LogP contribution in [0.3, 0.4) is 0 Å². The Kier molecular flexibility index (Phi) is 9.29. The van der Waals surface area contributed by atoms with Crippen LogP contribution in [-0.2, 0) is 22.6 Å². The second-order valence-electron chi connectivity index (χ2n) is 11.0. The number of carbonyl (C=O) groups is 1. The topological polar surface area (TPSA) is 51.7 Å². The molecule has 2 heterocycles. The number of para-hydroxylation sites is 1. The summed E-state index contributed by atoms with van der Waals surface area (Å²) in [5.41, 5.74) is 4.29. The standard InChI is InChI=1S/C33H42N2O3/c1-2-3-10-27-15-14-25-17-19-29(37-24-28-18-16-26-11-5-6-12-31(26)34-28)23-30(25)33(27)38-32(36)13-9-22-35-20-7-4-8-21-35/h5-6,11-12,16-19,23,27,33H,2-4,7-10,13-15,20-22,24H2,1H3/t27-,33+/m1/s1. The van der Waals surface area contributed by atoms with Crippen LogP contribution in [-0.4, -0.2) is 35.5 Å². The maximum absolute atomic E-state index is 13.0. The lowest BCUT2D eigenvalue weighted by atomic mass is 9.79. The van der Waals surface area contributed by atoms with Gasteiger partial charge in [0.05, 0.1) is 11.2 Å². The summed E-state index contributed by atoms with van der Waals surface area (Å²) in [5, 5.41) is 1.13. The third-order valence-electron chi connectivity index (χ3n) is 8.17. The highest BCUT2D eigenvalue weighted by Crippen LogP contribution is 2.41. The smallest absolute Gasteiger partial charge is 0.306 e. The lowest BCUT2D eigenvalue weighted by molar-refractivity contribution is -0.153. The first kappa shape index (κ1) is 26.7. The fourth-order valence-corrected chi connectivity index (χ4v) is 6.00. The fourth-order valence-electron chi connectivity index (χ4n) is 6.00. The number of aryl methyl sites for hydroxylation is 1. The van der Waals surface area contributed by atoms with Crippen molar-refractivity contribution in [2.24, 2.45) is 5.92 Å². The van der Waals surface area contributed by atoms with E-state index in [1.54, 1.807) is 0 Å². The molecule has 2 atom stereocenters. The van der Waals surface area contributed by atoms with E-state index >= 15 is 0 Å². The number of hydrogen-bond donors (Lipinski definition) is 0. The number of aromatic nitrogens is 1. The zero-order chi connectivity index (χ0) is 26.2. The highest BCUT2D eigenvalue weighted by atomic mass is 16.5. The maximum atomic E-state index is 13.0. The molecule has 5 rings (SSSR count). The normalized spacial score (nSPS) is 19.7. The zero-order valence-corrected chi connectivity index (χ0v) is 22.9. The summed E-state index contributed by atoms with van der Waals surface area (Å²) < 4.78 is 12.5. The molecule has 0 saturated carbocycles. The van der Waals surface area contributed by atoms with Gasteiger partial charge in [0.15, 0.2) is 0 Å². The fraction of sp³-hybridized carbons (Fsp3) is 0.515. The third-order valence-corrected chi connectivity index (χ3v) is 8.17. The van der Waals surface area contributed by atoms with Gasteiger partial charge in [0.1, 0.15) is 18.5 Å². The minimum absolute atomic E-state index is 0.0620. The van der Waals surface area contributed by atoms with Gasteiger partial charge in [-0.25, -0.2) is 4.98 Å². The molecule has 1 aliphatic heterocycles. The van der Waals surface area contributed by atoms with Crippen molar-refractivity contribution < 1.29 is 14.3 Å². The van der Waals surface area contributed by atoms with Crippen LogP contribution >= 0.6 is 0 Å². The Morgan fingerprint density at radius 3 is 2.76 bits per heavy atom. The van der Waals surface area contributed by atoms with Gasteiger partial charge >= 0.3 is 5.97 Å². The number of fused-ring (bicyclic) bond motifs is 2. The van der Waals surface area contributed by atoms with E-state index in [9.17, 15) is 4.79 Å². The quantitative estimate of drug-likeness (QED) is 0.249. The summed E-state index contributed by atoms with van der Waals surface area (Å²) in [6, 6.07) is 18.6. The summed E-state index contributed by atoms with van der Waals surface area (Å²) in [7, 11) is 0. The molecule has 1 saturated heterocycles. The highest BCUT2D eigenvalue weighted by Gasteiger charge is 2.32. The average Bonchev–Trinajstić information content (AvgIpc) is 2.96. The van der Waals surface area contributed by atoms with Crippen LogP contribution in [0.2, 0.25) is 0 Å². The lowest BCUT2D eigenvalue weighted by Gasteiger charge is -2.34. The average molecular weight is 515 g/mol. The van der Waals surface area contributed by atoms with E-state index in [1.165, 1.54) is 37.9 Å². The van der Waals surface area contributed by atoms with Crippen LogP contribution in [0.1, 0.15) is 87.6 Å². The van der Waals surface area contributed by atoms with Gasteiger partial charge in [0.25, 0.3) is 0 Å². The van der Waals surface area contributed by atoms with Gasteiger partial charge in [-0.15, -0.1) is 0 Å². The molecule has 5 nitrogen and oxygen atoms in total. The number of unbranched alkanes of at least 4 members (excludes halogenated alkanes) is 1. The Morgan fingerprint density at radius 1 is 1.03 bits per heavy atom. The molecule has 0 radical (unpaired) electrons. The van der Waals surface area contributed by atoms with Crippen molar-refractivity contribution in [2.45, 2.75) is 83.8 Å². The van der Waals surface area contributed by atoms with E-state index in [-0.39, 0.29) is 12.1 Å². The van der Waals surface area contributed by atoms with Crippen LogP contribution in [0.15, 0.2) is 54.6 Å². The van der Waals surface area contributed by atoms with Crippen LogP contribution in [0, 0.1) is 5.92 Å². The summed E-state index contributed by atoms with van der Waals surface area (Å²) in [4.78, 5) is 20.2. The van der Waals surface area contributed by atoms with Crippen molar-refractivity contribution >= 4 is 16.9 Å². The Hall–Kier alpha value is -2.92. The Balaban J connectivity index is 1.25. The van der Waals surface area contributed by atoms with Gasteiger partial charge in [0.2, 0.25) is 0 Å². The minimum atomic E-state index is -0.185. The van der Waals surface area contributed by atoms with Crippen LogP contribution in [0.5, 0.6) is 5.75 Å². The molecule has 0 amide bonds. The van der Waals surface area contributed by atoms with Gasteiger partial charge < -0.3 is 14.4 Å². The molecule has 5 heteroatoms. The predicted molar refractivity (Wildman–Crippen MR) is 152 cm³/mol. The molecular formula is C33H42N2O3. The molecular weight excluding hydrogens is 472 g/mol. The van der Waals surface area contributed by atoms with Gasteiger partial charge in [0, 0.05) is 17.7 Å². The first-order valence-corrected chi connectivity index (χ1v) is 14.7. The van der Waals surface area contributed by atoms with Crippen molar-refractivity contribution in [3.63, 3.8) is 0 Å². The molecule has 1 aromatic heterocycles. The number of hydrogen-bond acceptors (Lipinski definition) is 5. The molecule has 0 unspecified atom stereocenters. The Morgan fingerprint density at radius 2 is 1.89 bits per heavy atom. The zero-order valence-electron chi connectivity index (χ0n) is 22.9. The second-order valence-corrected chi connectivity index (χ2v) is 11.0. The van der Waals surface area contributed by atoms with Crippen molar-refractivity contribution in [3.05, 3.63) is 71.4 Å². The molecule has 1 fully saturated rings. The number of likely N-dealkylation sites (tertiary alicyclic amines) is 1. The second kappa shape index (κ2) is 13.2. The molecule has 0 bridgehead atoms. The number of rotatable bonds is 11. The highest BCUT2D eigenvalue weighted by molar-refractivity contribution is 5.78. The van der Waals surface area contributed by atoms with E-state index < -0.39 is 0 Å². The summed E-state index contributed by atoms with van der Waals surface area (Å²) >= 11 is 0. The van der Waals surface area contributed by atoms with Gasteiger partial charge in [-0.2, -0.15) is 0 Å². The van der Waals surface area contributed by atoms with Crippen molar-refractivity contribution in [3.8, 4) is 5.75 Å².